The van der Waals surface area contributed by atoms with E-state index in [1.807, 2.05) is 66.7 Å². The van der Waals surface area contributed by atoms with E-state index in [9.17, 15) is 4.79 Å². The lowest BCUT2D eigenvalue weighted by molar-refractivity contribution is -0.136. The summed E-state index contributed by atoms with van der Waals surface area (Å²) in [6.45, 7) is 0.498. The summed E-state index contributed by atoms with van der Waals surface area (Å²) < 4.78 is 6.13. The van der Waals surface area contributed by atoms with Gasteiger partial charge < -0.3 is 9.84 Å². The fraction of sp³-hybridized carbons (Fsp3) is 0.143. The maximum atomic E-state index is 11.1. The lowest BCUT2D eigenvalue weighted by Crippen LogP contribution is -2.03. The van der Waals surface area contributed by atoms with Gasteiger partial charge in [-0.2, -0.15) is 0 Å². The van der Waals surface area contributed by atoms with E-state index in [0.717, 1.165) is 39.0 Å². The zero-order valence-corrected chi connectivity index (χ0v) is 19.9. The van der Waals surface area contributed by atoms with Gasteiger partial charge in [-0.25, -0.2) is 4.98 Å². The number of rotatable bonds is 6. The number of aliphatic carboxylic acids is 1. The summed E-state index contributed by atoms with van der Waals surface area (Å²) >= 11 is 7.76. The van der Waals surface area contributed by atoms with Gasteiger partial charge >= 0.3 is 5.97 Å². The maximum Gasteiger partial charge on any atom is 0.304 e. The monoisotopic (exact) mass is 487 g/mol. The first-order chi connectivity index (χ1) is 16.6. The summed E-state index contributed by atoms with van der Waals surface area (Å²) in [4.78, 5) is 15.8. The first kappa shape index (κ1) is 22.5. The van der Waals surface area contributed by atoms with Crippen LogP contribution in [0.2, 0.25) is 5.02 Å². The number of aromatic nitrogens is 1. The Balaban J connectivity index is 1.47. The van der Waals surface area contributed by atoms with E-state index in [1.54, 1.807) is 11.8 Å². The number of hydrogen-bond donors (Lipinski definition) is 1. The Morgan fingerprint density at radius 2 is 1.91 bits per heavy atom. The summed E-state index contributed by atoms with van der Waals surface area (Å²) in [5, 5.41) is 10.8. The second-order valence-corrected chi connectivity index (χ2v) is 9.74. The molecule has 1 aliphatic rings. The number of nitrogens with zero attached hydrogens (tertiary/aromatic N) is 1. The smallest absolute Gasteiger partial charge is 0.304 e. The summed E-state index contributed by atoms with van der Waals surface area (Å²) in [5.74, 6) is 0.573. The van der Waals surface area contributed by atoms with Crippen LogP contribution >= 0.6 is 23.4 Å². The highest BCUT2D eigenvalue weighted by atomic mass is 35.5. The van der Waals surface area contributed by atoms with Crippen molar-refractivity contribution in [3.05, 3.63) is 106 Å². The highest BCUT2D eigenvalue weighted by Crippen LogP contribution is 2.44. The molecule has 0 spiro atoms. The van der Waals surface area contributed by atoms with Crippen LogP contribution in [-0.4, -0.2) is 21.8 Å². The van der Waals surface area contributed by atoms with E-state index >= 15 is 0 Å². The van der Waals surface area contributed by atoms with E-state index in [4.69, 9.17) is 26.4 Å². The molecule has 1 atom stereocenters. The summed E-state index contributed by atoms with van der Waals surface area (Å²) in [6.07, 6.45) is 4.14. The molecule has 0 bridgehead atoms. The van der Waals surface area contributed by atoms with Gasteiger partial charge in [0, 0.05) is 21.7 Å². The molecule has 4 nitrogen and oxygen atoms in total. The number of carbonyl (C=O) groups is 1. The van der Waals surface area contributed by atoms with Crippen molar-refractivity contribution in [3.8, 4) is 5.75 Å². The minimum atomic E-state index is -0.785. The first-order valence-corrected chi connectivity index (χ1v) is 12.4. The van der Waals surface area contributed by atoms with Gasteiger partial charge in [0.25, 0.3) is 0 Å². The molecule has 3 aromatic carbocycles. The Morgan fingerprint density at radius 1 is 1.06 bits per heavy atom. The number of ether oxygens (including phenoxy) is 1. The average Bonchev–Trinajstić information content (AvgIpc) is 2.99. The second kappa shape index (κ2) is 9.92. The third-order valence-corrected chi connectivity index (χ3v) is 7.28. The molecule has 0 radical (unpaired) electrons. The van der Waals surface area contributed by atoms with Crippen molar-refractivity contribution < 1.29 is 14.6 Å². The van der Waals surface area contributed by atoms with E-state index in [-0.39, 0.29) is 11.7 Å². The number of fused-ring (bicyclic) bond motifs is 3. The highest BCUT2D eigenvalue weighted by molar-refractivity contribution is 7.99. The number of hydrogen-bond acceptors (Lipinski definition) is 4. The minimum absolute atomic E-state index is 0.00216. The van der Waals surface area contributed by atoms with E-state index < -0.39 is 5.97 Å². The van der Waals surface area contributed by atoms with Gasteiger partial charge in [0.1, 0.15) is 12.4 Å². The fourth-order valence-electron chi connectivity index (χ4n) is 4.08. The fourth-order valence-corrected chi connectivity index (χ4v) is 5.54. The normalized spacial score (nSPS) is 14.9. The van der Waals surface area contributed by atoms with Crippen molar-refractivity contribution in [1.29, 1.82) is 0 Å². The zero-order chi connectivity index (χ0) is 23.5. The van der Waals surface area contributed by atoms with Crippen LogP contribution in [0.4, 0.5) is 0 Å². The first-order valence-electron chi connectivity index (χ1n) is 11.0. The second-order valence-electron chi connectivity index (χ2n) is 8.09. The van der Waals surface area contributed by atoms with Gasteiger partial charge in [0.15, 0.2) is 0 Å². The quantitative estimate of drug-likeness (QED) is 0.310. The molecular formula is C28H22ClNO3S. The summed E-state index contributed by atoms with van der Waals surface area (Å²) in [5.41, 5.74) is 6.09. The number of carboxylic acid groups (broad SMARTS) is 1. The molecule has 1 aromatic heterocycles. The maximum absolute atomic E-state index is 11.1. The molecular weight excluding hydrogens is 466 g/mol. The number of halogens is 1. The van der Waals surface area contributed by atoms with E-state index in [2.05, 4.69) is 18.2 Å². The standard InChI is InChI=1S/C28H22ClNO3S/c29-21-9-7-19-8-11-22(30-25(19)16-21)10-5-18-6-12-26-24(15-18)28(34-14-13-27(31)32)23-4-2-1-3-20(23)17-33-26/h1-12,15-16,28H,13-14,17H2,(H,31,32). The average molecular weight is 488 g/mol. The van der Waals surface area contributed by atoms with Crippen LogP contribution in [0.15, 0.2) is 72.8 Å². The molecule has 0 aliphatic carbocycles. The van der Waals surface area contributed by atoms with Gasteiger partial charge in [-0.1, -0.05) is 60.1 Å². The van der Waals surface area contributed by atoms with Crippen molar-refractivity contribution in [1.82, 2.24) is 4.98 Å². The van der Waals surface area contributed by atoms with Crippen LogP contribution in [0.1, 0.15) is 39.6 Å². The summed E-state index contributed by atoms with van der Waals surface area (Å²) in [7, 11) is 0. The van der Waals surface area contributed by atoms with E-state index in [0.29, 0.717) is 17.4 Å². The van der Waals surface area contributed by atoms with Gasteiger partial charge in [0.2, 0.25) is 0 Å². The van der Waals surface area contributed by atoms with Crippen LogP contribution in [0.3, 0.4) is 0 Å². The molecule has 170 valence electrons. The van der Waals surface area contributed by atoms with Gasteiger partial charge in [-0.15, -0.1) is 11.8 Å². The minimum Gasteiger partial charge on any atom is -0.489 e. The Bertz CT molecular complexity index is 1400. The topological polar surface area (TPSA) is 59.4 Å². The Hall–Kier alpha value is -3.28. The third-order valence-electron chi connectivity index (χ3n) is 5.76. The number of benzene rings is 3. The van der Waals surface area contributed by atoms with Gasteiger partial charge in [-0.3, -0.25) is 4.79 Å². The van der Waals surface area contributed by atoms with Crippen molar-refractivity contribution in [2.45, 2.75) is 18.3 Å². The zero-order valence-electron chi connectivity index (χ0n) is 18.3. The number of carboxylic acids is 1. The molecule has 34 heavy (non-hydrogen) atoms. The molecule has 1 aliphatic heterocycles. The summed E-state index contributed by atoms with van der Waals surface area (Å²) in [6, 6.07) is 24.1. The van der Waals surface area contributed by atoms with Crippen LogP contribution in [-0.2, 0) is 11.4 Å². The molecule has 2 heterocycles. The Morgan fingerprint density at radius 3 is 2.79 bits per heavy atom. The van der Waals surface area contributed by atoms with Crippen LogP contribution < -0.4 is 4.74 Å². The molecule has 1 N–H and O–H groups in total. The van der Waals surface area contributed by atoms with Crippen molar-refractivity contribution in [2.75, 3.05) is 5.75 Å². The van der Waals surface area contributed by atoms with Gasteiger partial charge in [-0.05, 0) is 53.1 Å². The molecule has 4 aromatic rings. The molecule has 1 unspecified atom stereocenters. The van der Waals surface area contributed by atoms with Gasteiger partial charge in [0.05, 0.1) is 22.9 Å². The van der Waals surface area contributed by atoms with Crippen molar-refractivity contribution in [2.24, 2.45) is 0 Å². The molecule has 0 fully saturated rings. The van der Waals surface area contributed by atoms with Crippen LogP contribution in [0.25, 0.3) is 23.1 Å². The Kier molecular flexibility index (Phi) is 6.57. The molecule has 5 rings (SSSR count). The molecule has 0 saturated carbocycles. The van der Waals surface area contributed by atoms with Crippen LogP contribution in [0, 0.1) is 0 Å². The van der Waals surface area contributed by atoms with Crippen molar-refractivity contribution in [3.63, 3.8) is 0 Å². The molecule has 0 saturated heterocycles. The predicted molar refractivity (Wildman–Crippen MR) is 139 cm³/mol. The molecule has 0 amide bonds. The molecule has 6 heteroatoms. The number of thioether (sulfide) groups is 1. The largest absolute Gasteiger partial charge is 0.489 e. The lowest BCUT2D eigenvalue weighted by Gasteiger charge is -2.19. The SMILES string of the molecule is O=C(O)CCSC1c2ccccc2COc2ccc(C=Cc3ccc4ccc(Cl)cc4n3)cc21. The third kappa shape index (κ3) is 4.96. The van der Waals surface area contributed by atoms with Crippen molar-refractivity contribution >= 4 is 52.4 Å². The van der Waals surface area contributed by atoms with Crippen LogP contribution in [0.5, 0.6) is 5.75 Å². The highest BCUT2D eigenvalue weighted by Gasteiger charge is 2.25. The Labute approximate surface area is 207 Å². The lowest BCUT2D eigenvalue weighted by atomic mass is 9.98. The predicted octanol–water partition coefficient (Wildman–Crippen LogP) is 7.25. The van der Waals surface area contributed by atoms with E-state index in [1.165, 1.54) is 5.56 Å². The number of pyridine rings is 1.